The first-order valence-electron chi connectivity index (χ1n) is 19.5. The number of carbonyl (C=O) groups is 2. The molecular weight excluding hydrogens is 653 g/mol. The molecule has 0 radical (unpaired) electrons. The summed E-state index contributed by atoms with van der Waals surface area (Å²) in [5.74, 6) is 0.998. The summed E-state index contributed by atoms with van der Waals surface area (Å²) in [6.45, 7) is 39.1. The third-order valence-electron chi connectivity index (χ3n) is 11.2. The summed E-state index contributed by atoms with van der Waals surface area (Å²) in [5, 5.41) is 24.1. The molecule has 10 heteroatoms. The van der Waals surface area contributed by atoms with Crippen molar-refractivity contribution < 1.29 is 19.8 Å². The maximum absolute atomic E-state index is 14.5. The molecule has 1 amide bonds. The number of carbonyl (C=O) groups excluding carboxylic acids is 1. The van der Waals surface area contributed by atoms with E-state index in [0.717, 1.165) is 23.1 Å². The minimum atomic E-state index is -0.879. The lowest BCUT2D eigenvalue weighted by Gasteiger charge is -2.53. The fourth-order valence-electron chi connectivity index (χ4n) is 8.56. The van der Waals surface area contributed by atoms with E-state index in [0.29, 0.717) is 26.1 Å². The van der Waals surface area contributed by atoms with E-state index in [9.17, 15) is 19.8 Å². The van der Waals surface area contributed by atoms with Crippen LogP contribution in [0.5, 0.6) is 0 Å². The second-order valence-electron chi connectivity index (χ2n) is 21.6. The average Bonchev–Trinajstić information content (AvgIpc) is 2.98. The summed E-state index contributed by atoms with van der Waals surface area (Å²) in [5.41, 5.74) is 3.33. The number of nitrogens with one attached hydrogen (secondary N) is 1. The van der Waals surface area contributed by atoms with Crippen LogP contribution in [0, 0.1) is 32.5 Å². The van der Waals surface area contributed by atoms with Gasteiger partial charge in [-0.1, -0.05) is 118 Å². The van der Waals surface area contributed by atoms with Gasteiger partial charge in [0.05, 0.1) is 37.8 Å². The Labute approximate surface area is 315 Å². The normalized spacial score (nSPS) is 25.5. The van der Waals surface area contributed by atoms with Crippen LogP contribution in [0.15, 0.2) is 32.5 Å². The largest absolute Gasteiger partial charge is 0.480 e. The van der Waals surface area contributed by atoms with Gasteiger partial charge >= 0.3 is 5.97 Å². The molecule has 4 unspecified atom stereocenters. The number of aliphatic hydroxyl groups excluding tert-OH is 1. The van der Waals surface area contributed by atoms with E-state index in [1.807, 2.05) is 4.90 Å². The molecule has 4 aliphatic rings. The van der Waals surface area contributed by atoms with E-state index < -0.39 is 17.4 Å². The first-order chi connectivity index (χ1) is 23.4. The molecule has 4 rings (SSSR count). The predicted molar refractivity (Wildman–Crippen MR) is 212 cm³/mol. The third kappa shape index (κ3) is 8.33. The van der Waals surface area contributed by atoms with Gasteiger partial charge in [-0.3, -0.25) is 24.9 Å². The number of piperazine rings is 2. The van der Waals surface area contributed by atoms with Crippen LogP contribution in [0.2, 0.25) is 0 Å². The standard InChI is InChI=1S/C42H72N6O4/c1-37(2,3)30-27-20-43-26(34(51)52)22-48(27)36(45-32(30)39(7,8)9)42(16,17)19-18-29(50)46-23-28-31(38(4,5)6)33(40(10,11)12)44-35(41(13,14)15)47(28)21-25(46)24-49/h25-26,32-33,43,49H,18-24H2,1-17H3,(H,51,52). The highest BCUT2D eigenvalue weighted by Crippen LogP contribution is 2.48. The molecule has 10 nitrogen and oxygen atoms in total. The molecule has 52 heavy (non-hydrogen) atoms. The van der Waals surface area contributed by atoms with Crippen LogP contribution in [-0.2, 0) is 9.59 Å². The molecule has 4 atom stereocenters. The number of hydrogen-bond acceptors (Lipinski definition) is 8. The highest BCUT2D eigenvalue weighted by molar-refractivity contribution is 5.93. The first kappa shape index (κ1) is 42.0. The Balaban J connectivity index is 1.72. The summed E-state index contributed by atoms with van der Waals surface area (Å²) in [7, 11) is 0. The van der Waals surface area contributed by atoms with E-state index >= 15 is 0 Å². The van der Waals surface area contributed by atoms with E-state index in [1.165, 1.54) is 11.1 Å². The number of fused-ring (bicyclic) bond motifs is 2. The van der Waals surface area contributed by atoms with Gasteiger partial charge in [0.1, 0.15) is 17.7 Å². The lowest BCUT2D eigenvalue weighted by molar-refractivity contribution is -0.140. The van der Waals surface area contributed by atoms with Crippen LogP contribution in [0.1, 0.15) is 131 Å². The summed E-state index contributed by atoms with van der Waals surface area (Å²) in [6.07, 6.45) is 0.813. The smallest absolute Gasteiger partial charge is 0.322 e. The Bertz CT molecular complexity index is 1530. The number of aliphatic imine (C=N–C) groups is 2. The van der Waals surface area contributed by atoms with Gasteiger partial charge in [-0.2, -0.15) is 0 Å². The monoisotopic (exact) mass is 725 g/mol. The topological polar surface area (TPSA) is 121 Å². The fraction of sp³-hybridized carbons (Fsp3) is 0.810. The summed E-state index contributed by atoms with van der Waals surface area (Å²) < 4.78 is 0. The molecule has 4 aliphatic heterocycles. The zero-order chi connectivity index (χ0) is 39.7. The summed E-state index contributed by atoms with van der Waals surface area (Å²) in [6, 6.07) is -1.23. The van der Waals surface area contributed by atoms with Crippen molar-refractivity contribution in [2.45, 2.75) is 155 Å². The lowest BCUT2D eigenvalue weighted by Crippen LogP contribution is -2.61. The number of rotatable bonds is 6. The van der Waals surface area contributed by atoms with Crippen molar-refractivity contribution in [3.05, 3.63) is 22.5 Å². The fourth-order valence-corrected chi connectivity index (χ4v) is 8.56. The number of amidine groups is 2. The van der Waals surface area contributed by atoms with Crippen LogP contribution in [0.3, 0.4) is 0 Å². The van der Waals surface area contributed by atoms with Gasteiger partial charge < -0.3 is 24.9 Å². The Hall–Kier alpha value is -2.72. The van der Waals surface area contributed by atoms with Crippen LogP contribution < -0.4 is 5.32 Å². The van der Waals surface area contributed by atoms with Crippen LogP contribution >= 0.6 is 0 Å². The van der Waals surface area contributed by atoms with Crippen LogP contribution in [0.25, 0.3) is 0 Å². The highest BCUT2D eigenvalue weighted by Gasteiger charge is 2.49. The van der Waals surface area contributed by atoms with Crippen molar-refractivity contribution in [1.82, 2.24) is 20.0 Å². The molecule has 2 fully saturated rings. The molecule has 2 saturated heterocycles. The van der Waals surface area contributed by atoms with Gasteiger partial charge in [-0.25, -0.2) is 0 Å². The van der Waals surface area contributed by atoms with Crippen LogP contribution in [0.4, 0.5) is 0 Å². The molecule has 294 valence electrons. The Morgan fingerprint density at radius 1 is 0.712 bits per heavy atom. The Morgan fingerprint density at radius 2 is 1.19 bits per heavy atom. The Kier molecular flexibility index (Phi) is 11.2. The highest BCUT2D eigenvalue weighted by atomic mass is 16.4. The molecule has 0 aromatic carbocycles. The van der Waals surface area contributed by atoms with E-state index in [-0.39, 0.29) is 70.7 Å². The number of amides is 1. The van der Waals surface area contributed by atoms with Gasteiger partial charge in [0.25, 0.3) is 0 Å². The molecule has 0 spiro atoms. The molecule has 0 bridgehead atoms. The minimum absolute atomic E-state index is 0.0123. The molecule has 0 aromatic rings. The molecule has 4 heterocycles. The van der Waals surface area contributed by atoms with Crippen molar-refractivity contribution >= 4 is 23.5 Å². The number of hydrogen-bond donors (Lipinski definition) is 3. The van der Waals surface area contributed by atoms with Gasteiger partial charge in [-0.15, -0.1) is 0 Å². The van der Waals surface area contributed by atoms with Crippen molar-refractivity contribution in [2.75, 3.05) is 32.8 Å². The number of carboxylic acid groups (broad SMARTS) is 1. The molecular formula is C42H72N6O4. The number of nitrogens with zero attached hydrogens (tertiary/aromatic N) is 5. The molecule has 0 saturated carbocycles. The summed E-state index contributed by atoms with van der Waals surface area (Å²) >= 11 is 0. The van der Waals surface area contributed by atoms with E-state index in [1.54, 1.807) is 0 Å². The van der Waals surface area contributed by atoms with Crippen molar-refractivity contribution in [3.8, 4) is 0 Å². The second kappa shape index (κ2) is 13.8. The maximum atomic E-state index is 14.5. The van der Waals surface area contributed by atoms with E-state index in [4.69, 9.17) is 9.98 Å². The summed E-state index contributed by atoms with van der Waals surface area (Å²) in [4.78, 5) is 44.1. The van der Waals surface area contributed by atoms with E-state index in [2.05, 4.69) is 133 Å². The Morgan fingerprint density at radius 3 is 1.63 bits per heavy atom. The van der Waals surface area contributed by atoms with Gasteiger partial charge in [0.15, 0.2) is 0 Å². The molecule has 3 N–H and O–H groups in total. The van der Waals surface area contributed by atoms with Crippen molar-refractivity contribution in [2.24, 2.45) is 42.5 Å². The average molecular weight is 725 g/mol. The maximum Gasteiger partial charge on any atom is 0.322 e. The van der Waals surface area contributed by atoms with Crippen molar-refractivity contribution in [3.63, 3.8) is 0 Å². The molecule has 0 aromatic heterocycles. The second-order valence-corrected chi connectivity index (χ2v) is 21.6. The molecule has 0 aliphatic carbocycles. The number of carboxylic acids is 1. The quantitative estimate of drug-likeness (QED) is 0.271. The van der Waals surface area contributed by atoms with Crippen molar-refractivity contribution in [1.29, 1.82) is 0 Å². The van der Waals surface area contributed by atoms with Gasteiger partial charge in [-0.05, 0) is 39.2 Å². The van der Waals surface area contributed by atoms with Gasteiger partial charge in [0.2, 0.25) is 5.91 Å². The minimum Gasteiger partial charge on any atom is -0.480 e. The van der Waals surface area contributed by atoms with Crippen LogP contribution in [-0.4, -0.2) is 105 Å². The number of aliphatic hydroxyl groups is 1. The first-order valence-corrected chi connectivity index (χ1v) is 19.5. The predicted octanol–water partition coefficient (Wildman–Crippen LogP) is 6.96. The van der Waals surface area contributed by atoms with Gasteiger partial charge in [0, 0.05) is 41.7 Å². The third-order valence-corrected chi connectivity index (χ3v) is 11.2. The zero-order valence-electron chi connectivity index (χ0n) is 35.7. The SMILES string of the molecule is CC(C)(C)C1=NC(C(C)(C)C)C(C(C)(C)C)=C2CN(C(=O)CCC(C)(C)C3=NC(C(C)(C)C)C(C(C)(C)C)=C4CNC(C(=O)O)CN34)C(CO)CN12. The zero-order valence-corrected chi connectivity index (χ0v) is 35.7. The number of aliphatic carboxylic acids is 1. The lowest BCUT2D eigenvalue weighted by atomic mass is 9.70.